The maximum atomic E-state index is 11.7. The fourth-order valence-corrected chi connectivity index (χ4v) is 1.40. The van der Waals surface area contributed by atoms with E-state index in [-0.39, 0.29) is 11.8 Å². The van der Waals surface area contributed by atoms with Crippen molar-refractivity contribution in [2.45, 2.75) is 40.0 Å². The van der Waals surface area contributed by atoms with E-state index in [4.69, 9.17) is 0 Å². The van der Waals surface area contributed by atoms with Gasteiger partial charge in [0.05, 0.1) is 0 Å². The van der Waals surface area contributed by atoms with Gasteiger partial charge in [0, 0.05) is 11.6 Å². The van der Waals surface area contributed by atoms with E-state index in [0.29, 0.717) is 5.92 Å². The zero-order chi connectivity index (χ0) is 12.1. The minimum absolute atomic E-state index is 0.0739. The predicted octanol–water partition coefficient (Wildman–Crippen LogP) is 3.79. The Bertz CT molecular complexity index is 340. The second-order valence-corrected chi connectivity index (χ2v) is 4.58. The molecule has 0 aliphatic carbocycles. The number of nitrogens with one attached hydrogen (secondary N) is 1. The van der Waals surface area contributed by atoms with Gasteiger partial charge < -0.3 is 5.32 Å². The molecule has 0 saturated carbocycles. The van der Waals surface area contributed by atoms with Crippen LogP contribution in [0.4, 0.5) is 5.69 Å². The number of hydrogen-bond donors (Lipinski definition) is 1. The molecule has 1 N–H and O–H groups in total. The fourth-order valence-electron chi connectivity index (χ4n) is 1.40. The molecule has 0 aliphatic rings. The summed E-state index contributed by atoms with van der Waals surface area (Å²) in [4.78, 5) is 11.7. The van der Waals surface area contributed by atoms with Crippen LogP contribution >= 0.6 is 0 Å². The molecule has 1 aromatic carbocycles. The minimum atomic E-state index is 0.0739. The third-order valence-electron chi connectivity index (χ3n) is 2.90. The number of amides is 1. The Morgan fingerprint density at radius 2 is 1.75 bits per heavy atom. The summed E-state index contributed by atoms with van der Waals surface area (Å²) in [5, 5.41) is 2.92. The lowest BCUT2D eigenvalue weighted by Gasteiger charge is -2.11. The summed E-state index contributed by atoms with van der Waals surface area (Å²) in [6.07, 6.45) is 0.871. The number of carbonyl (C=O) groups is 1. The maximum Gasteiger partial charge on any atom is 0.227 e. The van der Waals surface area contributed by atoms with Gasteiger partial charge in [-0.25, -0.2) is 0 Å². The lowest BCUT2D eigenvalue weighted by Crippen LogP contribution is -2.19. The Morgan fingerprint density at radius 3 is 2.19 bits per heavy atom. The molecule has 0 radical (unpaired) electrons. The Morgan fingerprint density at radius 1 is 1.19 bits per heavy atom. The van der Waals surface area contributed by atoms with Crippen LogP contribution in [0.3, 0.4) is 0 Å². The highest BCUT2D eigenvalue weighted by Crippen LogP contribution is 2.17. The SMILES string of the molecule is CC[C@H](C)C(=O)Nc1ccc(C(C)C)cc1. The molecule has 0 heterocycles. The molecule has 0 unspecified atom stereocenters. The first-order valence-electron chi connectivity index (χ1n) is 5.95. The van der Waals surface area contributed by atoms with E-state index < -0.39 is 0 Å². The number of rotatable bonds is 4. The van der Waals surface area contributed by atoms with Crippen molar-refractivity contribution < 1.29 is 4.79 Å². The highest BCUT2D eigenvalue weighted by atomic mass is 16.1. The quantitative estimate of drug-likeness (QED) is 0.820. The molecular formula is C14H21NO. The average molecular weight is 219 g/mol. The molecule has 0 aromatic heterocycles. The van der Waals surface area contributed by atoms with Crippen LogP contribution in [0.1, 0.15) is 45.6 Å². The Kier molecular flexibility index (Phi) is 4.53. The Balaban J connectivity index is 2.65. The van der Waals surface area contributed by atoms with Crippen LogP contribution < -0.4 is 5.32 Å². The first-order valence-corrected chi connectivity index (χ1v) is 5.95. The van der Waals surface area contributed by atoms with Crippen LogP contribution in [0, 0.1) is 5.92 Å². The maximum absolute atomic E-state index is 11.7. The monoisotopic (exact) mass is 219 g/mol. The number of hydrogen-bond acceptors (Lipinski definition) is 1. The van der Waals surface area contributed by atoms with Gasteiger partial charge in [0.1, 0.15) is 0 Å². The van der Waals surface area contributed by atoms with Crippen LogP contribution in [-0.4, -0.2) is 5.91 Å². The summed E-state index contributed by atoms with van der Waals surface area (Å²) in [5.41, 5.74) is 2.18. The number of carbonyl (C=O) groups excluding carboxylic acids is 1. The largest absolute Gasteiger partial charge is 0.326 e. The summed E-state index contributed by atoms with van der Waals surface area (Å²) in [5.74, 6) is 0.698. The molecule has 0 saturated heterocycles. The van der Waals surface area contributed by atoms with E-state index in [1.165, 1.54) is 5.56 Å². The third kappa shape index (κ3) is 3.37. The van der Waals surface area contributed by atoms with E-state index in [2.05, 4.69) is 31.3 Å². The highest BCUT2D eigenvalue weighted by Gasteiger charge is 2.10. The van der Waals surface area contributed by atoms with Crippen LogP contribution in [0.2, 0.25) is 0 Å². The molecule has 1 aromatic rings. The van der Waals surface area contributed by atoms with Crippen molar-refractivity contribution in [3.05, 3.63) is 29.8 Å². The van der Waals surface area contributed by atoms with Gasteiger partial charge in [-0.2, -0.15) is 0 Å². The zero-order valence-corrected chi connectivity index (χ0v) is 10.6. The molecule has 1 atom stereocenters. The van der Waals surface area contributed by atoms with Crippen LogP contribution in [-0.2, 0) is 4.79 Å². The van der Waals surface area contributed by atoms with Crippen molar-refractivity contribution >= 4 is 11.6 Å². The number of benzene rings is 1. The Labute approximate surface area is 98.1 Å². The molecule has 16 heavy (non-hydrogen) atoms. The van der Waals surface area contributed by atoms with Crippen LogP contribution in [0.5, 0.6) is 0 Å². The first-order chi connectivity index (χ1) is 7.54. The van der Waals surface area contributed by atoms with Crippen molar-refractivity contribution in [2.24, 2.45) is 5.92 Å². The molecule has 1 amide bonds. The fraction of sp³-hybridized carbons (Fsp3) is 0.500. The summed E-state index contributed by atoms with van der Waals surface area (Å²) in [6.45, 7) is 8.28. The van der Waals surface area contributed by atoms with Gasteiger partial charge in [-0.05, 0) is 30.0 Å². The van der Waals surface area contributed by atoms with Gasteiger partial charge in [-0.1, -0.05) is 39.8 Å². The average Bonchev–Trinajstić information content (AvgIpc) is 2.28. The standard InChI is InChI=1S/C14H21NO/c1-5-11(4)14(16)15-13-8-6-12(7-9-13)10(2)3/h6-11H,5H2,1-4H3,(H,15,16)/t11-/m0/s1. The summed E-state index contributed by atoms with van der Waals surface area (Å²) in [6, 6.07) is 8.07. The molecule has 1 rings (SSSR count). The second kappa shape index (κ2) is 5.69. The summed E-state index contributed by atoms with van der Waals surface area (Å²) < 4.78 is 0. The highest BCUT2D eigenvalue weighted by molar-refractivity contribution is 5.92. The lowest BCUT2D eigenvalue weighted by molar-refractivity contribution is -0.119. The Hall–Kier alpha value is -1.31. The predicted molar refractivity (Wildman–Crippen MR) is 68.6 cm³/mol. The smallest absolute Gasteiger partial charge is 0.227 e. The van der Waals surface area contributed by atoms with Crippen molar-refractivity contribution in [2.75, 3.05) is 5.32 Å². The van der Waals surface area contributed by atoms with Gasteiger partial charge in [0.15, 0.2) is 0 Å². The minimum Gasteiger partial charge on any atom is -0.326 e. The zero-order valence-electron chi connectivity index (χ0n) is 10.6. The molecule has 2 heteroatoms. The van der Waals surface area contributed by atoms with Gasteiger partial charge in [-0.3, -0.25) is 4.79 Å². The van der Waals surface area contributed by atoms with Crippen LogP contribution in [0.25, 0.3) is 0 Å². The van der Waals surface area contributed by atoms with Gasteiger partial charge in [-0.15, -0.1) is 0 Å². The summed E-state index contributed by atoms with van der Waals surface area (Å²) >= 11 is 0. The molecule has 88 valence electrons. The summed E-state index contributed by atoms with van der Waals surface area (Å²) in [7, 11) is 0. The van der Waals surface area contributed by atoms with Crippen LogP contribution in [0.15, 0.2) is 24.3 Å². The van der Waals surface area contributed by atoms with E-state index in [9.17, 15) is 4.79 Å². The van der Waals surface area contributed by atoms with Crippen molar-refractivity contribution in [3.63, 3.8) is 0 Å². The van der Waals surface area contributed by atoms with Crippen molar-refractivity contribution in [3.8, 4) is 0 Å². The number of anilines is 1. The molecule has 2 nitrogen and oxygen atoms in total. The normalized spacial score (nSPS) is 12.6. The first kappa shape index (κ1) is 12.8. The van der Waals surface area contributed by atoms with Gasteiger partial charge >= 0.3 is 0 Å². The molecule has 0 aliphatic heterocycles. The van der Waals surface area contributed by atoms with Crippen molar-refractivity contribution in [1.82, 2.24) is 0 Å². The molecule has 0 fully saturated rings. The second-order valence-electron chi connectivity index (χ2n) is 4.58. The van der Waals surface area contributed by atoms with E-state index in [0.717, 1.165) is 12.1 Å². The third-order valence-corrected chi connectivity index (χ3v) is 2.90. The topological polar surface area (TPSA) is 29.1 Å². The van der Waals surface area contributed by atoms with Gasteiger partial charge in [0.2, 0.25) is 5.91 Å². The molecular weight excluding hydrogens is 198 g/mol. The molecule has 0 spiro atoms. The van der Waals surface area contributed by atoms with E-state index >= 15 is 0 Å². The van der Waals surface area contributed by atoms with E-state index in [1.54, 1.807) is 0 Å². The van der Waals surface area contributed by atoms with Crippen molar-refractivity contribution in [1.29, 1.82) is 0 Å². The molecule has 0 bridgehead atoms. The lowest BCUT2D eigenvalue weighted by atomic mass is 10.0. The van der Waals surface area contributed by atoms with E-state index in [1.807, 2.05) is 26.0 Å². The van der Waals surface area contributed by atoms with Gasteiger partial charge in [0.25, 0.3) is 0 Å².